The Labute approximate surface area is 113 Å². The Balaban J connectivity index is -0.0000000718. The Kier molecular flexibility index (Phi) is 32.0. The third kappa shape index (κ3) is 31.4. The number of nitrogens with zero attached hydrogens (tertiary/aromatic N) is 1. The predicted molar refractivity (Wildman–Crippen MR) is 74.9 cm³/mol. The minimum absolute atomic E-state index is 0. The van der Waals surface area contributed by atoms with Crippen LogP contribution in [0.4, 0.5) is 4.79 Å². The molecular weight excluding hydrogens is 328 g/mol. The zero-order valence-corrected chi connectivity index (χ0v) is 12.9. The molecule has 0 bridgehead atoms. The van der Waals surface area contributed by atoms with Gasteiger partial charge in [-0.2, -0.15) is 5.12 Å². The maximum absolute atomic E-state index is 9.60. The molecule has 0 aliphatic rings. The van der Waals surface area contributed by atoms with Gasteiger partial charge in [-0.05, 0) is 0 Å². The molecule has 0 saturated carbocycles. The quantitative estimate of drug-likeness (QED) is 0.313. The monoisotopic (exact) mass is 350 g/mol. The van der Waals surface area contributed by atoms with E-state index in [1.54, 1.807) is 0 Å². The number of hydrazine groups is 2. The van der Waals surface area contributed by atoms with E-state index in [2.05, 4.69) is 31.3 Å². The lowest BCUT2D eigenvalue weighted by Gasteiger charge is -2.00. The first-order valence-corrected chi connectivity index (χ1v) is 4.65. The normalized spacial score (nSPS) is 7.47. The van der Waals surface area contributed by atoms with Gasteiger partial charge in [0.1, 0.15) is 0 Å². The van der Waals surface area contributed by atoms with Gasteiger partial charge in [-0.1, -0.05) is 46.0 Å². The standard InChI is InChI=1S/C7H16.CH6N4O.2BrH/c1-3-5-7-6-4-2;2-1(6)5(3)4;;/h3-7H2,1-2H3;3-4H2,(H2,2,6);2*1H. The third-order valence-electron chi connectivity index (χ3n) is 1.46. The minimum atomic E-state index is -0.852. The molecule has 0 atom stereocenters. The fourth-order valence-electron chi connectivity index (χ4n) is 0.677. The highest BCUT2D eigenvalue weighted by molar-refractivity contribution is 8.93. The molecule has 0 heterocycles. The second-order valence-corrected chi connectivity index (χ2v) is 2.81. The van der Waals surface area contributed by atoms with E-state index in [-0.39, 0.29) is 34.0 Å². The number of amides is 2. The van der Waals surface area contributed by atoms with Gasteiger partial charge in [0.2, 0.25) is 0 Å². The Morgan fingerprint density at radius 1 is 1.00 bits per heavy atom. The molecule has 0 spiro atoms. The number of primary amides is 1. The number of unbranched alkanes of at least 4 members (excludes halogenated alkanes) is 4. The number of hydrogen-bond acceptors (Lipinski definition) is 3. The highest BCUT2D eigenvalue weighted by atomic mass is 79.9. The van der Waals surface area contributed by atoms with Gasteiger partial charge in [0.05, 0.1) is 0 Å². The molecule has 0 rings (SSSR count). The highest BCUT2D eigenvalue weighted by Crippen LogP contribution is 2.00. The zero-order chi connectivity index (χ0) is 10.7. The van der Waals surface area contributed by atoms with Crippen LogP contribution in [0, 0.1) is 0 Å². The fraction of sp³-hybridized carbons (Fsp3) is 0.875. The molecule has 7 heteroatoms. The first kappa shape index (κ1) is 24.4. The number of halogens is 2. The van der Waals surface area contributed by atoms with Crippen LogP contribution in [-0.2, 0) is 0 Å². The fourth-order valence-corrected chi connectivity index (χ4v) is 0.677. The van der Waals surface area contributed by atoms with Crippen molar-refractivity contribution in [2.24, 2.45) is 17.4 Å². The van der Waals surface area contributed by atoms with Crippen molar-refractivity contribution in [3.63, 3.8) is 0 Å². The number of hydrogen-bond donors (Lipinski definition) is 3. The van der Waals surface area contributed by atoms with Crippen LogP contribution >= 0.6 is 34.0 Å². The molecule has 0 unspecified atom stereocenters. The van der Waals surface area contributed by atoms with Gasteiger partial charge in [0, 0.05) is 0 Å². The molecule has 0 aliphatic carbocycles. The number of carbonyl (C=O) groups excluding carboxylic acids is 1. The van der Waals surface area contributed by atoms with Crippen molar-refractivity contribution in [2.75, 3.05) is 0 Å². The molecular formula is C8H24Br2N4O. The van der Waals surface area contributed by atoms with E-state index < -0.39 is 6.03 Å². The summed E-state index contributed by atoms with van der Waals surface area (Å²) in [6.45, 7) is 4.49. The average molecular weight is 352 g/mol. The van der Waals surface area contributed by atoms with Crippen LogP contribution in [0.5, 0.6) is 0 Å². The Morgan fingerprint density at radius 3 is 1.40 bits per heavy atom. The van der Waals surface area contributed by atoms with Crippen LogP contribution in [-0.4, -0.2) is 11.1 Å². The van der Waals surface area contributed by atoms with E-state index in [1.165, 1.54) is 32.1 Å². The number of nitrogens with two attached hydrogens (primary N) is 3. The van der Waals surface area contributed by atoms with Crippen molar-refractivity contribution in [3.8, 4) is 0 Å². The maximum atomic E-state index is 9.60. The molecule has 5 nitrogen and oxygen atoms in total. The van der Waals surface area contributed by atoms with Crippen LogP contribution in [0.25, 0.3) is 0 Å². The van der Waals surface area contributed by atoms with Crippen molar-refractivity contribution in [3.05, 3.63) is 0 Å². The molecule has 0 aromatic heterocycles. The van der Waals surface area contributed by atoms with Crippen molar-refractivity contribution in [1.82, 2.24) is 5.12 Å². The van der Waals surface area contributed by atoms with E-state index in [0.29, 0.717) is 5.12 Å². The molecule has 0 radical (unpaired) electrons. The summed E-state index contributed by atoms with van der Waals surface area (Å²) in [7, 11) is 0. The Hall–Kier alpha value is 0.150. The Morgan fingerprint density at radius 2 is 1.27 bits per heavy atom. The summed E-state index contributed by atoms with van der Waals surface area (Å²) in [5.41, 5.74) is 4.47. The van der Waals surface area contributed by atoms with Gasteiger partial charge in [-0.15, -0.1) is 34.0 Å². The van der Waals surface area contributed by atoms with Crippen molar-refractivity contribution < 1.29 is 4.79 Å². The summed E-state index contributed by atoms with van der Waals surface area (Å²) in [5.74, 6) is 9.14. The SMILES string of the molecule is Br.Br.CCCCCCC.NC(=O)N(N)N. The van der Waals surface area contributed by atoms with E-state index in [4.69, 9.17) is 0 Å². The average Bonchev–Trinajstić information content (AvgIpc) is 2.06. The summed E-state index contributed by atoms with van der Waals surface area (Å²) >= 11 is 0. The molecule has 0 fully saturated rings. The molecule has 2 amide bonds. The van der Waals surface area contributed by atoms with E-state index in [9.17, 15) is 4.79 Å². The van der Waals surface area contributed by atoms with Gasteiger partial charge >= 0.3 is 6.03 Å². The molecule has 96 valence electrons. The first-order valence-electron chi connectivity index (χ1n) is 4.65. The van der Waals surface area contributed by atoms with Crippen molar-refractivity contribution >= 4 is 40.0 Å². The molecule has 0 aliphatic heterocycles. The van der Waals surface area contributed by atoms with Crippen LogP contribution in [0.2, 0.25) is 0 Å². The van der Waals surface area contributed by atoms with Crippen LogP contribution in [0.15, 0.2) is 0 Å². The second kappa shape index (κ2) is 19.7. The predicted octanol–water partition coefficient (Wildman–Crippen LogP) is 2.25. The Bertz CT molecular complexity index is 121. The summed E-state index contributed by atoms with van der Waals surface area (Å²) in [5, 5.41) is 0.306. The maximum Gasteiger partial charge on any atom is 0.343 e. The van der Waals surface area contributed by atoms with Crippen molar-refractivity contribution in [2.45, 2.75) is 46.0 Å². The number of urea groups is 1. The minimum Gasteiger partial charge on any atom is -0.349 e. The van der Waals surface area contributed by atoms with Gasteiger partial charge in [-0.25, -0.2) is 16.5 Å². The highest BCUT2D eigenvalue weighted by Gasteiger charge is 1.90. The van der Waals surface area contributed by atoms with Gasteiger partial charge in [0.15, 0.2) is 0 Å². The number of rotatable bonds is 4. The topological polar surface area (TPSA) is 98.4 Å². The molecule has 15 heavy (non-hydrogen) atoms. The largest absolute Gasteiger partial charge is 0.349 e. The van der Waals surface area contributed by atoms with Gasteiger partial charge < -0.3 is 5.73 Å². The summed E-state index contributed by atoms with van der Waals surface area (Å²) in [4.78, 5) is 9.60. The van der Waals surface area contributed by atoms with Crippen LogP contribution in [0.3, 0.4) is 0 Å². The van der Waals surface area contributed by atoms with E-state index in [0.717, 1.165) is 0 Å². The van der Waals surface area contributed by atoms with Gasteiger partial charge in [0.25, 0.3) is 0 Å². The summed E-state index contributed by atoms with van der Waals surface area (Å²) < 4.78 is 0. The number of carbonyl (C=O) groups is 1. The van der Waals surface area contributed by atoms with Crippen LogP contribution in [0.1, 0.15) is 46.0 Å². The smallest absolute Gasteiger partial charge is 0.343 e. The molecule has 0 aromatic rings. The lowest BCUT2D eigenvalue weighted by molar-refractivity contribution is 0.210. The molecule has 0 aromatic carbocycles. The molecule has 6 N–H and O–H groups in total. The summed E-state index contributed by atoms with van der Waals surface area (Å²) in [6.07, 6.45) is 7.01. The zero-order valence-electron chi connectivity index (χ0n) is 9.44. The lowest BCUT2D eigenvalue weighted by Crippen LogP contribution is -2.46. The van der Waals surface area contributed by atoms with E-state index in [1.807, 2.05) is 0 Å². The third-order valence-corrected chi connectivity index (χ3v) is 1.46. The first-order chi connectivity index (χ1) is 6.06. The second-order valence-electron chi connectivity index (χ2n) is 2.81. The summed E-state index contributed by atoms with van der Waals surface area (Å²) in [6, 6.07) is -0.852. The van der Waals surface area contributed by atoms with Crippen LogP contribution < -0.4 is 17.4 Å². The molecule has 0 saturated heterocycles. The van der Waals surface area contributed by atoms with E-state index >= 15 is 0 Å². The lowest BCUT2D eigenvalue weighted by atomic mass is 10.2. The van der Waals surface area contributed by atoms with Gasteiger partial charge in [-0.3, -0.25) is 0 Å². The van der Waals surface area contributed by atoms with Crippen molar-refractivity contribution in [1.29, 1.82) is 0 Å².